The highest BCUT2D eigenvalue weighted by Gasteiger charge is 2.16. The number of hydrogen-bond acceptors (Lipinski definition) is 5. The molecule has 0 fully saturated rings. The summed E-state index contributed by atoms with van der Waals surface area (Å²) in [5.74, 6) is -1.46. The van der Waals surface area contributed by atoms with Gasteiger partial charge in [0.05, 0.1) is 0 Å². The number of ketones is 1. The molecule has 0 heterocycles. The van der Waals surface area contributed by atoms with Gasteiger partial charge in [-0.25, -0.2) is 4.79 Å². The van der Waals surface area contributed by atoms with Gasteiger partial charge in [0, 0.05) is 12.5 Å². The van der Waals surface area contributed by atoms with Crippen molar-refractivity contribution >= 4 is 17.7 Å². The van der Waals surface area contributed by atoms with Crippen molar-refractivity contribution in [2.24, 2.45) is 0 Å². The Kier molecular flexibility index (Phi) is 5.03. The van der Waals surface area contributed by atoms with Crippen molar-refractivity contribution in [3.05, 3.63) is 65.7 Å². The van der Waals surface area contributed by atoms with Gasteiger partial charge in [-0.05, 0) is 12.1 Å². The van der Waals surface area contributed by atoms with Crippen LogP contribution < -0.4 is 4.74 Å². The zero-order chi connectivity index (χ0) is 15.9. The SMILES string of the molecule is CC(=O)Oc1ccccc1C(=O)OCC(=O)c1ccccc1. The van der Waals surface area contributed by atoms with Crippen LogP contribution in [0.25, 0.3) is 0 Å². The average molecular weight is 298 g/mol. The van der Waals surface area contributed by atoms with Gasteiger partial charge in [-0.2, -0.15) is 0 Å². The number of para-hydroxylation sites is 1. The summed E-state index contributed by atoms with van der Waals surface area (Å²) in [7, 11) is 0. The van der Waals surface area contributed by atoms with Crippen LogP contribution >= 0.6 is 0 Å². The third kappa shape index (κ3) is 4.02. The molecule has 0 aliphatic rings. The molecule has 2 aromatic carbocycles. The molecule has 0 spiro atoms. The van der Waals surface area contributed by atoms with Crippen molar-refractivity contribution in [3.63, 3.8) is 0 Å². The smallest absolute Gasteiger partial charge is 0.342 e. The highest BCUT2D eigenvalue weighted by Crippen LogP contribution is 2.19. The first-order valence-electron chi connectivity index (χ1n) is 6.61. The number of carbonyl (C=O) groups is 3. The van der Waals surface area contributed by atoms with Gasteiger partial charge >= 0.3 is 11.9 Å². The molecule has 2 rings (SSSR count). The van der Waals surface area contributed by atoms with Crippen LogP contribution in [0.5, 0.6) is 5.75 Å². The second kappa shape index (κ2) is 7.17. The summed E-state index contributed by atoms with van der Waals surface area (Å²) in [4.78, 5) is 34.9. The molecule has 0 aliphatic carbocycles. The topological polar surface area (TPSA) is 69.7 Å². The van der Waals surface area contributed by atoms with E-state index in [1.807, 2.05) is 0 Å². The van der Waals surface area contributed by atoms with Crippen LogP contribution in [0.3, 0.4) is 0 Å². The van der Waals surface area contributed by atoms with Gasteiger partial charge in [0.1, 0.15) is 11.3 Å². The second-order valence-corrected chi connectivity index (χ2v) is 4.46. The third-order valence-corrected chi connectivity index (χ3v) is 2.79. The third-order valence-electron chi connectivity index (χ3n) is 2.79. The summed E-state index contributed by atoms with van der Waals surface area (Å²) in [6, 6.07) is 14.7. The van der Waals surface area contributed by atoms with E-state index in [1.54, 1.807) is 42.5 Å². The molecule has 0 aliphatic heterocycles. The van der Waals surface area contributed by atoms with Gasteiger partial charge in [-0.3, -0.25) is 9.59 Å². The number of benzene rings is 2. The Morgan fingerprint density at radius 1 is 0.909 bits per heavy atom. The normalized spacial score (nSPS) is 9.86. The molecule has 2 aromatic rings. The van der Waals surface area contributed by atoms with Crippen molar-refractivity contribution in [2.75, 3.05) is 6.61 Å². The Hall–Kier alpha value is -2.95. The van der Waals surface area contributed by atoms with Gasteiger partial charge in [-0.15, -0.1) is 0 Å². The van der Waals surface area contributed by atoms with Gasteiger partial charge in [0.2, 0.25) is 0 Å². The zero-order valence-corrected chi connectivity index (χ0v) is 11.9. The fourth-order valence-electron chi connectivity index (χ4n) is 1.80. The lowest BCUT2D eigenvalue weighted by Crippen LogP contribution is -2.15. The molecule has 22 heavy (non-hydrogen) atoms. The summed E-state index contributed by atoms with van der Waals surface area (Å²) in [6.45, 7) is 0.859. The van der Waals surface area contributed by atoms with Crippen LogP contribution in [0.2, 0.25) is 0 Å². The van der Waals surface area contributed by atoms with E-state index in [9.17, 15) is 14.4 Å². The lowest BCUT2D eigenvalue weighted by molar-refractivity contribution is -0.131. The van der Waals surface area contributed by atoms with E-state index in [0.717, 1.165) is 0 Å². The quantitative estimate of drug-likeness (QED) is 0.482. The van der Waals surface area contributed by atoms with E-state index in [0.29, 0.717) is 5.56 Å². The standard InChI is InChI=1S/C17H14O5/c1-12(18)22-16-10-6-5-9-14(16)17(20)21-11-15(19)13-7-3-2-4-8-13/h2-10H,11H2,1H3. The molecule has 0 N–H and O–H groups in total. The van der Waals surface area contributed by atoms with Crippen molar-refractivity contribution in [1.82, 2.24) is 0 Å². The summed E-state index contributed by atoms with van der Waals surface area (Å²) in [5, 5.41) is 0. The monoisotopic (exact) mass is 298 g/mol. The summed E-state index contributed by atoms with van der Waals surface area (Å²) in [5.41, 5.74) is 0.558. The van der Waals surface area contributed by atoms with Crippen molar-refractivity contribution in [3.8, 4) is 5.75 Å². The van der Waals surface area contributed by atoms with Gasteiger partial charge in [0.25, 0.3) is 0 Å². The molecular weight excluding hydrogens is 284 g/mol. The first-order valence-corrected chi connectivity index (χ1v) is 6.61. The summed E-state index contributed by atoms with van der Waals surface area (Å²) >= 11 is 0. The first kappa shape index (κ1) is 15.4. The Bertz CT molecular complexity index is 691. The molecule has 0 amide bonds. The van der Waals surface area contributed by atoms with Crippen molar-refractivity contribution in [1.29, 1.82) is 0 Å². The van der Waals surface area contributed by atoms with E-state index in [1.165, 1.54) is 19.1 Å². The Morgan fingerprint density at radius 2 is 1.55 bits per heavy atom. The van der Waals surface area contributed by atoms with Crippen molar-refractivity contribution in [2.45, 2.75) is 6.92 Å². The van der Waals surface area contributed by atoms with Crippen LogP contribution in [0.15, 0.2) is 54.6 Å². The predicted molar refractivity (Wildman–Crippen MR) is 78.8 cm³/mol. The van der Waals surface area contributed by atoms with Crippen LogP contribution in [0.4, 0.5) is 0 Å². The Labute approximate surface area is 127 Å². The molecule has 5 heteroatoms. The molecule has 0 saturated carbocycles. The molecule has 0 atom stereocenters. The molecule has 0 saturated heterocycles. The Balaban J connectivity index is 2.04. The molecule has 0 unspecified atom stereocenters. The minimum atomic E-state index is -0.721. The molecule has 0 bridgehead atoms. The van der Waals surface area contributed by atoms with Crippen LogP contribution in [0.1, 0.15) is 27.6 Å². The minimum absolute atomic E-state index is 0.0959. The minimum Gasteiger partial charge on any atom is -0.454 e. The maximum absolute atomic E-state index is 12.0. The summed E-state index contributed by atoms with van der Waals surface area (Å²) < 4.78 is 9.92. The van der Waals surface area contributed by atoms with Gasteiger partial charge in [0.15, 0.2) is 12.4 Å². The van der Waals surface area contributed by atoms with Crippen molar-refractivity contribution < 1.29 is 23.9 Å². The van der Waals surface area contributed by atoms with E-state index in [4.69, 9.17) is 9.47 Å². The van der Waals surface area contributed by atoms with E-state index < -0.39 is 11.9 Å². The molecule has 5 nitrogen and oxygen atoms in total. The number of esters is 2. The Morgan fingerprint density at radius 3 is 2.23 bits per heavy atom. The van der Waals surface area contributed by atoms with E-state index in [2.05, 4.69) is 0 Å². The second-order valence-electron chi connectivity index (χ2n) is 4.46. The average Bonchev–Trinajstić information content (AvgIpc) is 2.53. The maximum atomic E-state index is 12.0. The summed E-state index contributed by atoms with van der Waals surface area (Å²) in [6.07, 6.45) is 0. The highest BCUT2D eigenvalue weighted by atomic mass is 16.5. The van der Waals surface area contributed by atoms with E-state index in [-0.39, 0.29) is 23.7 Å². The molecular formula is C17H14O5. The van der Waals surface area contributed by atoms with Crippen LogP contribution in [-0.2, 0) is 9.53 Å². The van der Waals surface area contributed by atoms with Gasteiger partial charge < -0.3 is 9.47 Å². The predicted octanol–water partition coefficient (Wildman–Crippen LogP) is 2.65. The molecule has 0 aromatic heterocycles. The number of ether oxygens (including phenoxy) is 2. The fraction of sp³-hybridized carbons (Fsp3) is 0.118. The van der Waals surface area contributed by atoms with Crippen LogP contribution in [0, 0.1) is 0 Å². The maximum Gasteiger partial charge on any atom is 0.342 e. The molecule has 0 radical (unpaired) electrons. The lowest BCUT2D eigenvalue weighted by atomic mass is 10.1. The number of hydrogen-bond donors (Lipinski definition) is 0. The number of carbonyl (C=O) groups excluding carboxylic acids is 3. The largest absolute Gasteiger partial charge is 0.454 e. The van der Waals surface area contributed by atoms with E-state index >= 15 is 0 Å². The van der Waals surface area contributed by atoms with Gasteiger partial charge in [-0.1, -0.05) is 42.5 Å². The first-order chi connectivity index (χ1) is 10.6. The van der Waals surface area contributed by atoms with Crippen LogP contribution in [-0.4, -0.2) is 24.3 Å². The number of Topliss-reactive ketones (excluding diaryl/α,β-unsaturated/α-hetero) is 1. The zero-order valence-electron chi connectivity index (χ0n) is 11.9. The fourth-order valence-corrected chi connectivity index (χ4v) is 1.80. The highest BCUT2D eigenvalue weighted by molar-refractivity contribution is 6.00. The molecule has 112 valence electrons. The number of rotatable bonds is 5. The lowest BCUT2D eigenvalue weighted by Gasteiger charge is -2.08.